The molecule has 6 nitrogen and oxygen atoms in total. The maximum atomic E-state index is 13.4. The summed E-state index contributed by atoms with van der Waals surface area (Å²) in [6.07, 6.45) is 1.11. The molecule has 32 heavy (non-hydrogen) atoms. The predicted molar refractivity (Wildman–Crippen MR) is 120 cm³/mol. The second-order valence-corrected chi connectivity index (χ2v) is 9.00. The molecule has 1 saturated carbocycles. The van der Waals surface area contributed by atoms with Crippen molar-refractivity contribution in [3.63, 3.8) is 0 Å². The summed E-state index contributed by atoms with van der Waals surface area (Å²) in [6, 6.07) is 12.0. The van der Waals surface area contributed by atoms with Crippen molar-refractivity contribution in [1.29, 1.82) is 0 Å². The highest BCUT2D eigenvalue weighted by atomic mass is 19.1. The van der Waals surface area contributed by atoms with Crippen molar-refractivity contribution in [2.45, 2.75) is 44.4 Å². The molecule has 5 rings (SSSR count). The first-order valence-corrected chi connectivity index (χ1v) is 10.9. The van der Waals surface area contributed by atoms with Crippen LogP contribution in [0.15, 0.2) is 53.5 Å². The van der Waals surface area contributed by atoms with E-state index >= 15 is 0 Å². The van der Waals surface area contributed by atoms with E-state index in [-0.39, 0.29) is 23.8 Å². The fraction of sp³-hybridized carbons (Fsp3) is 0.360. The minimum atomic E-state index is -1.14. The lowest BCUT2D eigenvalue weighted by Crippen LogP contribution is -2.60. The van der Waals surface area contributed by atoms with Gasteiger partial charge in [-0.25, -0.2) is 9.37 Å². The molecule has 3 aromatic rings. The van der Waals surface area contributed by atoms with Gasteiger partial charge < -0.3 is 19.3 Å². The first kappa shape index (κ1) is 20.7. The fourth-order valence-electron chi connectivity index (χ4n) is 4.53. The molecule has 1 aliphatic heterocycles. The Bertz CT molecular complexity index is 1190. The largest absolute Gasteiger partial charge is 0.436 e. The zero-order valence-electron chi connectivity index (χ0n) is 18.2. The summed E-state index contributed by atoms with van der Waals surface area (Å²) >= 11 is 0. The Morgan fingerprint density at radius 2 is 1.81 bits per heavy atom. The summed E-state index contributed by atoms with van der Waals surface area (Å²) in [7, 11) is 0. The smallest absolute Gasteiger partial charge is 0.255 e. The minimum absolute atomic E-state index is 0.0213. The van der Waals surface area contributed by atoms with Gasteiger partial charge in [0, 0.05) is 42.5 Å². The second kappa shape index (κ2) is 7.45. The molecule has 0 radical (unpaired) electrons. The highest BCUT2D eigenvalue weighted by Crippen LogP contribution is 2.39. The van der Waals surface area contributed by atoms with Crippen LogP contribution in [0.5, 0.6) is 0 Å². The topological polar surface area (TPSA) is 69.8 Å². The molecule has 2 heterocycles. The molecule has 1 saturated heterocycles. The van der Waals surface area contributed by atoms with Gasteiger partial charge in [-0.3, -0.25) is 4.79 Å². The van der Waals surface area contributed by atoms with Gasteiger partial charge >= 0.3 is 0 Å². The van der Waals surface area contributed by atoms with Crippen LogP contribution in [0.1, 0.15) is 32.3 Å². The lowest BCUT2D eigenvalue weighted by molar-refractivity contribution is -0.149. The Kier molecular flexibility index (Phi) is 4.82. The first-order valence-electron chi connectivity index (χ1n) is 10.9. The number of amides is 1. The summed E-state index contributed by atoms with van der Waals surface area (Å²) in [5.74, 6) is -0.0659. The highest BCUT2D eigenvalue weighted by molar-refractivity contribution is 5.88. The van der Waals surface area contributed by atoms with Crippen LogP contribution >= 0.6 is 0 Å². The Labute approximate surface area is 186 Å². The molecule has 2 aliphatic rings. The van der Waals surface area contributed by atoms with Crippen molar-refractivity contribution in [2.24, 2.45) is 0 Å². The van der Waals surface area contributed by atoms with Gasteiger partial charge in [-0.1, -0.05) is 18.7 Å². The monoisotopic (exact) mass is 435 g/mol. The normalized spacial score (nSPS) is 22.2. The number of piperazine rings is 1. The van der Waals surface area contributed by atoms with Gasteiger partial charge in [0.05, 0.1) is 0 Å². The number of hydrogen-bond acceptors (Lipinski definition) is 5. The average Bonchev–Trinajstić information content (AvgIpc) is 3.38. The quantitative estimate of drug-likeness (QED) is 0.670. The van der Waals surface area contributed by atoms with E-state index < -0.39 is 5.60 Å². The number of carbonyl (C=O) groups is 1. The van der Waals surface area contributed by atoms with E-state index in [9.17, 15) is 14.3 Å². The summed E-state index contributed by atoms with van der Waals surface area (Å²) in [4.78, 5) is 21.2. The van der Waals surface area contributed by atoms with Crippen molar-refractivity contribution in [3.8, 4) is 11.5 Å². The lowest BCUT2D eigenvalue weighted by atomic mass is 10.0. The van der Waals surface area contributed by atoms with Crippen LogP contribution in [0.4, 0.5) is 4.39 Å². The number of fused-ring (bicyclic) bond motifs is 1. The molecule has 0 unspecified atom stereocenters. The molecule has 1 aromatic heterocycles. The van der Waals surface area contributed by atoms with Crippen LogP contribution < -0.4 is 0 Å². The number of aromatic nitrogens is 1. The summed E-state index contributed by atoms with van der Waals surface area (Å²) < 4.78 is 19.1. The maximum Gasteiger partial charge on any atom is 0.255 e. The molecule has 7 heteroatoms. The van der Waals surface area contributed by atoms with Gasteiger partial charge in [-0.05, 0) is 56.5 Å². The molecule has 0 spiro atoms. The predicted octanol–water partition coefficient (Wildman–Crippen LogP) is 4.05. The molecule has 1 aliphatic carbocycles. The maximum absolute atomic E-state index is 13.4. The van der Waals surface area contributed by atoms with Crippen LogP contribution in [-0.2, 0) is 4.79 Å². The van der Waals surface area contributed by atoms with E-state index in [0.717, 1.165) is 16.8 Å². The van der Waals surface area contributed by atoms with Crippen molar-refractivity contribution < 1.29 is 18.7 Å². The minimum Gasteiger partial charge on any atom is -0.436 e. The molecular weight excluding hydrogens is 409 g/mol. The third kappa shape index (κ3) is 3.56. The van der Waals surface area contributed by atoms with Crippen molar-refractivity contribution in [1.82, 2.24) is 14.8 Å². The third-order valence-corrected chi connectivity index (χ3v) is 6.47. The second-order valence-electron chi connectivity index (χ2n) is 9.00. The van der Waals surface area contributed by atoms with E-state index in [1.807, 2.05) is 43.0 Å². The number of benzene rings is 2. The van der Waals surface area contributed by atoms with E-state index in [4.69, 9.17) is 4.42 Å². The van der Waals surface area contributed by atoms with Crippen molar-refractivity contribution in [2.75, 3.05) is 13.1 Å². The van der Waals surface area contributed by atoms with Gasteiger partial charge in [0.25, 0.3) is 5.91 Å². The van der Waals surface area contributed by atoms with Gasteiger partial charge in [0.1, 0.15) is 16.9 Å². The molecule has 166 valence electrons. The highest BCUT2D eigenvalue weighted by Gasteiger charge is 2.52. The summed E-state index contributed by atoms with van der Waals surface area (Å²) in [5, 5.41) is 10.3. The van der Waals surface area contributed by atoms with Crippen LogP contribution in [-0.4, -0.2) is 56.6 Å². The van der Waals surface area contributed by atoms with Crippen LogP contribution in [0.3, 0.4) is 0 Å². The summed E-state index contributed by atoms with van der Waals surface area (Å²) in [6.45, 7) is 9.63. The number of carbonyl (C=O) groups excluding carboxylic acids is 1. The Morgan fingerprint density at radius 3 is 2.44 bits per heavy atom. The van der Waals surface area contributed by atoms with Crippen LogP contribution in [0.25, 0.3) is 28.3 Å². The van der Waals surface area contributed by atoms with Gasteiger partial charge in [-0.15, -0.1) is 0 Å². The third-order valence-electron chi connectivity index (χ3n) is 6.47. The molecule has 2 fully saturated rings. The fourth-order valence-corrected chi connectivity index (χ4v) is 4.53. The zero-order valence-corrected chi connectivity index (χ0v) is 18.2. The van der Waals surface area contributed by atoms with E-state index in [1.54, 1.807) is 6.07 Å². The zero-order chi connectivity index (χ0) is 22.6. The van der Waals surface area contributed by atoms with E-state index in [0.29, 0.717) is 42.9 Å². The number of aliphatic hydroxyl groups is 1. The van der Waals surface area contributed by atoms with Gasteiger partial charge in [0.2, 0.25) is 5.89 Å². The van der Waals surface area contributed by atoms with Gasteiger partial charge in [-0.2, -0.15) is 0 Å². The first-order chi connectivity index (χ1) is 15.2. The number of hydrogen-bond donors (Lipinski definition) is 1. The van der Waals surface area contributed by atoms with E-state index in [2.05, 4.69) is 16.5 Å². The Morgan fingerprint density at radius 1 is 1.16 bits per heavy atom. The molecule has 1 amide bonds. The standard InChI is InChI=1S/C25H26FN3O3/c1-15-13-28(14-16(2)29(15)24(30)25(31)10-11-25)17(3)18-4-6-19(7-5-18)23-27-21-9-8-20(26)12-22(21)32-23/h4-9,12,15-16,31H,3,10-11,13-14H2,1-2H3/t15-,16+. The Hall–Kier alpha value is -3.19. The number of nitrogens with zero attached hydrogens (tertiary/aromatic N) is 3. The number of rotatable bonds is 4. The van der Waals surface area contributed by atoms with Gasteiger partial charge in [0.15, 0.2) is 5.58 Å². The van der Waals surface area contributed by atoms with Crippen molar-refractivity contribution in [3.05, 3.63) is 60.4 Å². The number of oxazole rings is 1. The van der Waals surface area contributed by atoms with Crippen molar-refractivity contribution >= 4 is 22.7 Å². The number of halogens is 1. The molecule has 1 N–H and O–H groups in total. The molecule has 2 aromatic carbocycles. The van der Waals surface area contributed by atoms with E-state index in [1.165, 1.54) is 12.1 Å². The lowest BCUT2D eigenvalue weighted by Gasteiger charge is -2.46. The Balaban J connectivity index is 1.31. The van der Waals surface area contributed by atoms with Crippen LogP contribution in [0.2, 0.25) is 0 Å². The SMILES string of the molecule is C=C(c1ccc(-c2nc3ccc(F)cc3o2)cc1)N1C[C@@H](C)N(C(=O)C2(O)CC2)[C@@H](C)C1. The average molecular weight is 435 g/mol. The summed E-state index contributed by atoms with van der Waals surface area (Å²) in [5.41, 5.74) is 2.53. The molecular formula is C25H26FN3O3. The van der Waals surface area contributed by atoms with Crippen LogP contribution in [0, 0.1) is 5.82 Å². The molecule has 2 atom stereocenters. The molecule has 0 bridgehead atoms.